The van der Waals surface area contributed by atoms with Crippen LogP contribution in [0.25, 0.3) is 0 Å². The average Bonchev–Trinajstić information content (AvgIpc) is 2.64. The Morgan fingerprint density at radius 3 is 2.20 bits per heavy atom. The number of hydrogen-bond acceptors (Lipinski definition) is 2. The number of benzene rings is 3. The van der Waals surface area contributed by atoms with Crippen molar-refractivity contribution >= 4 is 39.0 Å². The second kappa shape index (κ2) is 8.32. The third-order valence-electron chi connectivity index (χ3n) is 3.94. The molecule has 4 heteroatoms. The van der Waals surface area contributed by atoms with Gasteiger partial charge < -0.3 is 5.32 Å². The van der Waals surface area contributed by atoms with E-state index in [0.29, 0.717) is 17.0 Å². The molecule has 3 aromatic rings. The van der Waals surface area contributed by atoms with E-state index in [1.165, 1.54) is 0 Å². The van der Waals surface area contributed by atoms with Crippen LogP contribution in [0.3, 0.4) is 0 Å². The van der Waals surface area contributed by atoms with Gasteiger partial charge in [-0.2, -0.15) is 0 Å². The average molecular weight is 415 g/mol. The van der Waals surface area contributed by atoms with E-state index in [4.69, 9.17) is 11.6 Å². The van der Waals surface area contributed by atoms with Crippen molar-refractivity contribution in [1.82, 2.24) is 0 Å². The van der Waals surface area contributed by atoms with Crippen LogP contribution in [-0.2, 0) is 0 Å². The van der Waals surface area contributed by atoms with Crippen molar-refractivity contribution in [2.24, 2.45) is 0 Å². The third-order valence-corrected chi connectivity index (χ3v) is 4.72. The summed E-state index contributed by atoms with van der Waals surface area (Å²) in [6.45, 7) is 0. The molecule has 1 unspecified atom stereocenters. The Balaban J connectivity index is 1.82. The van der Waals surface area contributed by atoms with Gasteiger partial charge in [0, 0.05) is 27.2 Å². The molecule has 0 aliphatic rings. The Morgan fingerprint density at radius 2 is 1.56 bits per heavy atom. The molecule has 1 N–H and O–H groups in total. The molecule has 0 fully saturated rings. The molecular weight excluding hydrogens is 398 g/mol. The summed E-state index contributed by atoms with van der Waals surface area (Å²) >= 11 is 9.35. The first-order valence-corrected chi connectivity index (χ1v) is 9.15. The van der Waals surface area contributed by atoms with Crippen LogP contribution < -0.4 is 5.32 Å². The van der Waals surface area contributed by atoms with Crippen molar-refractivity contribution in [2.45, 2.75) is 12.5 Å². The molecule has 0 radical (unpaired) electrons. The molecule has 3 rings (SSSR count). The first-order chi connectivity index (χ1) is 12.1. The van der Waals surface area contributed by atoms with E-state index >= 15 is 0 Å². The summed E-state index contributed by atoms with van der Waals surface area (Å²) in [4.78, 5) is 12.7. The van der Waals surface area contributed by atoms with Crippen LogP contribution in [0.2, 0.25) is 5.02 Å². The topological polar surface area (TPSA) is 29.1 Å². The van der Waals surface area contributed by atoms with Crippen LogP contribution >= 0.6 is 27.5 Å². The molecule has 0 aromatic heterocycles. The summed E-state index contributed by atoms with van der Waals surface area (Å²) < 4.78 is 0.961. The van der Waals surface area contributed by atoms with Crippen LogP contribution in [0.5, 0.6) is 0 Å². The van der Waals surface area contributed by atoms with Gasteiger partial charge in [0.15, 0.2) is 5.78 Å². The van der Waals surface area contributed by atoms with Crippen molar-refractivity contribution in [2.75, 3.05) is 5.32 Å². The van der Waals surface area contributed by atoms with E-state index in [1.807, 2.05) is 78.9 Å². The van der Waals surface area contributed by atoms with Gasteiger partial charge >= 0.3 is 0 Å². The lowest BCUT2D eigenvalue weighted by atomic mass is 9.97. The summed E-state index contributed by atoms with van der Waals surface area (Å²) in [7, 11) is 0. The number of Topliss-reactive ketones (excluding diaryl/α,β-unsaturated/α-hetero) is 1. The summed E-state index contributed by atoms with van der Waals surface area (Å²) in [5.74, 6) is 0.0998. The maximum absolute atomic E-state index is 12.7. The molecule has 25 heavy (non-hydrogen) atoms. The van der Waals surface area contributed by atoms with Crippen molar-refractivity contribution in [3.8, 4) is 0 Å². The number of halogens is 2. The molecular formula is C21H17BrClNO. The molecule has 0 heterocycles. The van der Waals surface area contributed by atoms with Gasteiger partial charge in [-0.25, -0.2) is 0 Å². The van der Waals surface area contributed by atoms with E-state index in [9.17, 15) is 4.79 Å². The minimum atomic E-state index is -0.112. The number of carbonyl (C=O) groups is 1. The van der Waals surface area contributed by atoms with Gasteiger partial charge in [-0.3, -0.25) is 4.79 Å². The molecule has 0 saturated heterocycles. The maximum atomic E-state index is 12.7. The van der Waals surface area contributed by atoms with Gasteiger partial charge in [-0.15, -0.1) is 0 Å². The van der Waals surface area contributed by atoms with E-state index in [2.05, 4.69) is 21.2 Å². The fourth-order valence-corrected chi connectivity index (χ4v) is 3.01. The predicted molar refractivity (Wildman–Crippen MR) is 107 cm³/mol. The molecule has 1 atom stereocenters. The Morgan fingerprint density at radius 1 is 0.920 bits per heavy atom. The van der Waals surface area contributed by atoms with Crippen LogP contribution in [0, 0.1) is 0 Å². The highest BCUT2D eigenvalue weighted by molar-refractivity contribution is 9.10. The first kappa shape index (κ1) is 17.7. The van der Waals surface area contributed by atoms with E-state index < -0.39 is 0 Å². The fourth-order valence-electron chi connectivity index (χ4n) is 2.62. The molecule has 0 aliphatic heterocycles. The van der Waals surface area contributed by atoms with Gasteiger partial charge in [0.05, 0.1) is 6.04 Å². The molecule has 0 amide bonds. The lowest BCUT2D eigenvalue weighted by molar-refractivity contribution is 0.0976. The maximum Gasteiger partial charge on any atom is 0.165 e. The van der Waals surface area contributed by atoms with Gasteiger partial charge in [0.1, 0.15) is 0 Å². The third kappa shape index (κ3) is 4.94. The Labute approximate surface area is 161 Å². The SMILES string of the molecule is O=C(CC(Nc1ccc(Cl)cc1)c1ccccc1)c1ccc(Br)cc1. The monoisotopic (exact) mass is 413 g/mol. The van der Waals surface area contributed by atoms with Gasteiger partial charge in [0.2, 0.25) is 0 Å². The van der Waals surface area contributed by atoms with Crippen molar-refractivity contribution in [1.29, 1.82) is 0 Å². The van der Waals surface area contributed by atoms with Crippen molar-refractivity contribution in [3.63, 3.8) is 0 Å². The highest BCUT2D eigenvalue weighted by atomic mass is 79.9. The zero-order valence-electron chi connectivity index (χ0n) is 13.5. The Bertz CT molecular complexity index is 832. The quantitative estimate of drug-likeness (QED) is 0.465. The smallest absolute Gasteiger partial charge is 0.165 e. The van der Waals surface area contributed by atoms with Crippen molar-refractivity contribution in [3.05, 3.63) is 99.5 Å². The van der Waals surface area contributed by atoms with Gasteiger partial charge in [0.25, 0.3) is 0 Å². The predicted octanol–water partition coefficient (Wildman–Crippen LogP) is 6.53. The largest absolute Gasteiger partial charge is 0.378 e. The van der Waals surface area contributed by atoms with Crippen LogP contribution in [0.4, 0.5) is 5.69 Å². The minimum Gasteiger partial charge on any atom is -0.378 e. The zero-order chi connectivity index (χ0) is 17.6. The highest BCUT2D eigenvalue weighted by Crippen LogP contribution is 2.25. The summed E-state index contributed by atoms with van der Waals surface area (Å²) in [6, 6.07) is 24.9. The van der Waals surface area contributed by atoms with E-state index in [0.717, 1.165) is 15.7 Å². The van der Waals surface area contributed by atoms with Crippen LogP contribution in [0.1, 0.15) is 28.4 Å². The van der Waals surface area contributed by atoms with Gasteiger partial charge in [-0.1, -0.05) is 70.0 Å². The van der Waals surface area contributed by atoms with E-state index in [1.54, 1.807) is 0 Å². The summed E-state index contributed by atoms with van der Waals surface area (Å²) in [5, 5.41) is 4.13. The number of hydrogen-bond donors (Lipinski definition) is 1. The summed E-state index contributed by atoms with van der Waals surface area (Å²) in [5.41, 5.74) is 2.71. The molecule has 0 bridgehead atoms. The zero-order valence-corrected chi connectivity index (χ0v) is 15.8. The number of nitrogens with one attached hydrogen (secondary N) is 1. The standard InChI is InChI=1S/C21H17BrClNO/c22-17-8-6-16(7-9-17)21(25)14-20(15-4-2-1-3-5-15)24-19-12-10-18(23)11-13-19/h1-13,20,24H,14H2. The molecule has 2 nitrogen and oxygen atoms in total. The van der Waals surface area contributed by atoms with E-state index in [-0.39, 0.29) is 11.8 Å². The fraction of sp³-hybridized carbons (Fsp3) is 0.0952. The van der Waals surface area contributed by atoms with Crippen LogP contribution in [0.15, 0.2) is 83.3 Å². The Kier molecular flexibility index (Phi) is 5.90. The minimum absolute atomic E-state index is 0.0998. The van der Waals surface area contributed by atoms with Gasteiger partial charge in [-0.05, 0) is 42.0 Å². The number of carbonyl (C=O) groups excluding carboxylic acids is 1. The normalized spacial score (nSPS) is 11.8. The number of anilines is 1. The molecule has 0 saturated carbocycles. The second-order valence-corrected chi connectivity index (χ2v) is 7.10. The van der Waals surface area contributed by atoms with Crippen LogP contribution in [-0.4, -0.2) is 5.78 Å². The highest BCUT2D eigenvalue weighted by Gasteiger charge is 2.17. The lowest BCUT2D eigenvalue weighted by Gasteiger charge is -2.20. The number of rotatable bonds is 6. The molecule has 0 aliphatic carbocycles. The molecule has 0 spiro atoms. The van der Waals surface area contributed by atoms with Crippen molar-refractivity contribution < 1.29 is 4.79 Å². The molecule has 126 valence electrons. The second-order valence-electron chi connectivity index (χ2n) is 5.75. The molecule has 3 aromatic carbocycles. The number of ketones is 1. The summed E-state index contributed by atoms with van der Waals surface area (Å²) in [6.07, 6.45) is 0.369. The first-order valence-electron chi connectivity index (χ1n) is 7.97. The Hall–Kier alpha value is -2.10. The lowest BCUT2D eigenvalue weighted by Crippen LogP contribution is -2.15.